The van der Waals surface area contributed by atoms with Crippen molar-refractivity contribution < 1.29 is 17.9 Å². The van der Waals surface area contributed by atoms with Crippen LogP contribution in [0.1, 0.15) is 17.0 Å². The summed E-state index contributed by atoms with van der Waals surface area (Å²) < 4.78 is 43.9. The van der Waals surface area contributed by atoms with Gasteiger partial charge in [-0.15, -0.1) is 0 Å². The van der Waals surface area contributed by atoms with Crippen LogP contribution in [0.15, 0.2) is 23.0 Å². The van der Waals surface area contributed by atoms with Gasteiger partial charge in [-0.05, 0) is 17.7 Å². The standard InChI is InChI=1S/C14H12F3N5O2/c1-24-8-3-2-6(4-7(8)14(15,16)17)5-9-19-10-11(20-9)21-13(18)22-12(10)23/h2-4H,5H2,1H3,(H4,18,19,20,21,22,23). The van der Waals surface area contributed by atoms with Gasteiger partial charge in [0.1, 0.15) is 11.6 Å². The van der Waals surface area contributed by atoms with Crippen LogP contribution in [0.5, 0.6) is 5.75 Å². The molecule has 2 heterocycles. The van der Waals surface area contributed by atoms with Crippen molar-refractivity contribution >= 4 is 17.1 Å². The molecule has 10 heteroatoms. The molecule has 0 fully saturated rings. The Morgan fingerprint density at radius 3 is 2.67 bits per heavy atom. The number of aromatic nitrogens is 4. The number of aromatic amines is 2. The fraction of sp³-hybridized carbons (Fsp3) is 0.214. The van der Waals surface area contributed by atoms with Crippen molar-refractivity contribution in [3.63, 3.8) is 0 Å². The first-order valence-corrected chi connectivity index (χ1v) is 6.76. The van der Waals surface area contributed by atoms with Gasteiger partial charge in [0.25, 0.3) is 5.56 Å². The molecule has 0 saturated heterocycles. The van der Waals surface area contributed by atoms with Gasteiger partial charge >= 0.3 is 6.18 Å². The molecule has 0 unspecified atom stereocenters. The topological polar surface area (TPSA) is 110 Å². The zero-order valence-corrected chi connectivity index (χ0v) is 12.4. The molecule has 0 aliphatic heterocycles. The van der Waals surface area contributed by atoms with E-state index >= 15 is 0 Å². The van der Waals surface area contributed by atoms with Crippen LogP contribution in [0, 0.1) is 0 Å². The van der Waals surface area contributed by atoms with E-state index in [1.54, 1.807) is 0 Å². The van der Waals surface area contributed by atoms with E-state index in [1.165, 1.54) is 19.2 Å². The molecule has 0 aliphatic carbocycles. The van der Waals surface area contributed by atoms with E-state index in [-0.39, 0.29) is 29.3 Å². The number of nitrogens with one attached hydrogen (secondary N) is 2. The van der Waals surface area contributed by atoms with Crippen LogP contribution in [0.4, 0.5) is 19.1 Å². The number of nitrogens with zero attached hydrogens (tertiary/aromatic N) is 2. The van der Waals surface area contributed by atoms with Gasteiger partial charge in [0.15, 0.2) is 11.2 Å². The van der Waals surface area contributed by atoms with E-state index in [0.29, 0.717) is 11.4 Å². The molecule has 0 amide bonds. The molecule has 126 valence electrons. The Morgan fingerprint density at radius 2 is 2.00 bits per heavy atom. The van der Waals surface area contributed by atoms with Crippen LogP contribution < -0.4 is 16.0 Å². The molecule has 0 radical (unpaired) electrons. The van der Waals surface area contributed by atoms with Crippen LogP contribution in [-0.2, 0) is 12.6 Å². The van der Waals surface area contributed by atoms with Crippen LogP contribution in [0.2, 0.25) is 0 Å². The molecule has 3 aromatic rings. The maximum atomic E-state index is 13.0. The summed E-state index contributed by atoms with van der Waals surface area (Å²) in [5.41, 5.74) is 4.63. The summed E-state index contributed by atoms with van der Waals surface area (Å²) in [6.45, 7) is 0. The third-order valence-electron chi connectivity index (χ3n) is 3.37. The fourth-order valence-corrected chi connectivity index (χ4v) is 2.34. The highest BCUT2D eigenvalue weighted by Gasteiger charge is 2.34. The lowest BCUT2D eigenvalue weighted by atomic mass is 10.1. The number of nitrogens with two attached hydrogens (primary N) is 1. The van der Waals surface area contributed by atoms with Crippen molar-refractivity contribution in [2.45, 2.75) is 12.6 Å². The molecule has 0 saturated carbocycles. The summed E-state index contributed by atoms with van der Waals surface area (Å²) in [6.07, 6.45) is -4.48. The Bertz CT molecular complexity index is 961. The highest BCUT2D eigenvalue weighted by atomic mass is 19.4. The van der Waals surface area contributed by atoms with Crippen molar-refractivity contribution in [3.8, 4) is 5.75 Å². The number of H-pyrrole nitrogens is 2. The second-order valence-electron chi connectivity index (χ2n) is 5.04. The molecule has 1 aromatic carbocycles. The first kappa shape index (κ1) is 15.8. The minimum absolute atomic E-state index is 0.0583. The average Bonchev–Trinajstić information content (AvgIpc) is 2.89. The van der Waals surface area contributed by atoms with E-state index in [9.17, 15) is 18.0 Å². The maximum Gasteiger partial charge on any atom is 0.419 e. The van der Waals surface area contributed by atoms with Gasteiger partial charge < -0.3 is 15.5 Å². The summed E-state index contributed by atoms with van der Waals surface area (Å²) in [4.78, 5) is 24.7. The van der Waals surface area contributed by atoms with Crippen LogP contribution in [-0.4, -0.2) is 27.0 Å². The number of nitrogen functional groups attached to an aromatic ring is 1. The minimum Gasteiger partial charge on any atom is -0.496 e. The number of benzene rings is 1. The fourth-order valence-electron chi connectivity index (χ4n) is 2.34. The molecule has 7 nitrogen and oxygen atoms in total. The first-order chi connectivity index (χ1) is 11.3. The number of halogens is 3. The van der Waals surface area contributed by atoms with Gasteiger partial charge in [0, 0.05) is 6.42 Å². The highest BCUT2D eigenvalue weighted by molar-refractivity contribution is 5.70. The number of rotatable bonds is 3. The smallest absolute Gasteiger partial charge is 0.419 e. The molecule has 4 N–H and O–H groups in total. The molecular formula is C14H12F3N5O2. The Labute approximate surface area is 132 Å². The van der Waals surface area contributed by atoms with Gasteiger partial charge in [0.05, 0.1) is 12.7 Å². The highest BCUT2D eigenvalue weighted by Crippen LogP contribution is 2.36. The van der Waals surface area contributed by atoms with E-state index in [1.807, 2.05) is 0 Å². The summed E-state index contributed by atoms with van der Waals surface area (Å²) in [5.74, 6) is -0.0528. The quantitative estimate of drug-likeness (QED) is 0.674. The Morgan fingerprint density at radius 1 is 1.25 bits per heavy atom. The SMILES string of the molecule is COc1ccc(Cc2nc3nc(N)[nH]c(=O)c3[nH]2)cc1C(F)(F)F. The zero-order chi connectivity index (χ0) is 17.5. The predicted molar refractivity (Wildman–Crippen MR) is 79.7 cm³/mol. The normalized spacial score (nSPS) is 11.8. The van der Waals surface area contributed by atoms with E-state index in [4.69, 9.17) is 10.5 Å². The Balaban J connectivity index is 2.00. The van der Waals surface area contributed by atoms with Gasteiger partial charge in [-0.25, -0.2) is 4.98 Å². The monoisotopic (exact) mass is 339 g/mol. The van der Waals surface area contributed by atoms with Gasteiger partial charge in [-0.1, -0.05) is 6.07 Å². The molecule has 24 heavy (non-hydrogen) atoms. The van der Waals surface area contributed by atoms with Gasteiger partial charge in [-0.2, -0.15) is 18.2 Å². The molecule has 3 rings (SSSR count). The number of alkyl halides is 3. The van der Waals surface area contributed by atoms with Crippen molar-refractivity contribution in [2.24, 2.45) is 0 Å². The van der Waals surface area contributed by atoms with E-state index < -0.39 is 17.3 Å². The summed E-state index contributed by atoms with van der Waals surface area (Å²) >= 11 is 0. The van der Waals surface area contributed by atoms with E-state index in [0.717, 1.165) is 6.07 Å². The second-order valence-corrected chi connectivity index (χ2v) is 5.04. The summed E-state index contributed by atoms with van der Waals surface area (Å²) in [5, 5.41) is 0. The molecule has 2 aromatic heterocycles. The molecule has 0 aliphatic rings. The summed E-state index contributed by atoms with van der Waals surface area (Å²) in [6, 6.07) is 3.72. The number of ether oxygens (including phenoxy) is 1. The van der Waals surface area contributed by atoms with Crippen molar-refractivity contribution in [2.75, 3.05) is 12.8 Å². The number of fused-ring (bicyclic) bond motifs is 1. The molecule has 0 atom stereocenters. The third kappa shape index (κ3) is 2.90. The number of hydrogen-bond donors (Lipinski definition) is 3. The van der Waals surface area contributed by atoms with Crippen molar-refractivity contribution in [1.82, 2.24) is 19.9 Å². The lowest BCUT2D eigenvalue weighted by Gasteiger charge is -2.13. The number of hydrogen-bond acceptors (Lipinski definition) is 5. The third-order valence-corrected chi connectivity index (χ3v) is 3.37. The molecule has 0 spiro atoms. The molecule has 0 bridgehead atoms. The number of methoxy groups -OCH3 is 1. The predicted octanol–water partition coefficient (Wildman–Crippen LogP) is 1.85. The van der Waals surface area contributed by atoms with E-state index in [2.05, 4.69) is 19.9 Å². The average molecular weight is 339 g/mol. The Kier molecular flexibility index (Phi) is 3.66. The van der Waals surface area contributed by atoms with Crippen molar-refractivity contribution in [1.29, 1.82) is 0 Å². The zero-order valence-electron chi connectivity index (χ0n) is 12.4. The van der Waals surface area contributed by atoms with Crippen LogP contribution >= 0.6 is 0 Å². The largest absolute Gasteiger partial charge is 0.496 e. The van der Waals surface area contributed by atoms with Crippen molar-refractivity contribution in [3.05, 3.63) is 45.5 Å². The first-order valence-electron chi connectivity index (χ1n) is 6.76. The lowest BCUT2D eigenvalue weighted by Crippen LogP contribution is -2.10. The Hall–Kier alpha value is -3.04. The molecular weight excluding hydrogens is 327 g/mol. The lowest BCUT2D eigenvalue weighted by molar-refractivity contribution is -0.138. The minimum atomic E-state index is -4.54. The number of anilines is 1. The van der Waals surface area contributed by atoms with Crippen LogP contribution in [0.3, 0.4) is 0 Å². The summed E-state index contributed by atoms with van der Waals surface area (Å²) in [7, 11) is 1.17. The maximum absolute atomic E-state index is 13.0. The van der Waals surface area contributed by atoms with Gasteiger partial charge in [-0.3, -0.25) is 9.78 Å². The number of imidazole rings is 1. The van der Waals surface area contributed by atoms with Crippen LogP contribution in [0.25, 0.3) is 11.2 Å². The second kappa shape index (κ2) is 5.55. The van der Waals surface area contributed by atoms with Gasteiger partial charge in [0.2, 0.25) is 5.95 Å².